The van der Waals surface area contributed by atoms with Gasteiger partial charge in [0, 0.05) is 31.4 Å². The zero-order valence-corrected chi connectivity index (χ0v) is 17.0. The minimum Gasteiger partial charge on any atom is -0.476 e. The Bertz CT molecular complexity index is 1070. The van der Waals surface area contributed by atoms with E-state index in [-0.39, 0.29) is 28.6 Å². The van der Waals surface area contributed by atoms with Crippen molar-refractivity contribution in [3.8, 4) is 0 Å². The second-order valence-corrected chi connectivity index (χ2v) is 6.12. The number of carboxylic acids is 1. The zero-order valence-electron chi connectivity index (χ0n) is 15.5. The highest BCUT2D eigenvalue weighted by atomic mass is 35.5. The number of hydrogen-bond donors (Lipinski definition) is 3. The quantitative estimate of drug-likeness (QED) is 0.535. The van der Waals surface area contributed by atoms with Crippen LogP contribution in [-0.2, 0) is 6.54 Å². The summed E-state index contributed by atoms with van der Waals surface area (Å²) in [4.78, 5) is 31.7. The monoisotopic (exact) mass is 423 g/mol. The molecule has 0 saturated heterocycles. The van der Waals surface area contributed by atoms with Gasteiger partial charge in [-0.1, -0.05) is 37.0 Å². The van der Waals surface area contributed by atoms with E-state index in [1.54, 1.807) is 13.1 Å². The minimum absolute atomic E-state index is 0.0769. The van der Waals surface area contributed by atoms with Crippen molar-refractivity contribution in [1.29, 1.82) is 0 Å². The molecule has 3 N–H and O–H groups in total. The normalized spacial score (nSPS) is 10.2. The van der Waals surface area contributed by atoms with Crippen LogP contribution in [-0.4, -0.2) is 32.5 Å². The molecule has 0 aliphatic heterocycles. The molecule has 0 bridgehead atoms. The lowest BCUT2D eigenvalue weighted by molar-refractivity contribution is 0.0691. The van der Waals surface area contributed by atoms with Gasteiger partial charge >= 0.3 is 5.97 Å². The molecule has 148 valence electrons. The van der Waals surface area contributed by atoms with Gasteiger partial charge in [0.2, 0.25) is 0 Å². The molecule has 10 heteroatoms. The first-order valence-electron chi connectivity index (χ1n) is 8.42. The number of fused-ring (bicyclic) bond motifs is 1. The maximum absolute atomic E-state index is 12.2. The number of nitrogens with one attached hydrogen (secondary N) is 2. The molecule has 8 nitrogen and oxygen atoms in total. The smallest absolute Gasteiger partial charge is 0.356 e. The van der Waals surface area contributed by atoms with E-state index in [0.717, 1.165) is 0 Å². The predicted molar refractivity (Wildman–Crippen MR) is 111 cm³/mol. The predicted octanol–water partition coefficient (Wildman–Crippen LogP) is 3.77. The Hall–Kier alpha value is -2.84. The van der Waals surface area contributed by atoms with Crippen molar-refractivity contribution in [3.05, 3.63) is 62.2 Å². The molecule has 0 unspecified atom stereocenters. The number of hydrogen-bond acceptors (Lipinski definition) is 6. The van der Waals surface area contributed by atoms with Crippen LogP contribution in [0.25, 0.3) is 5.65 Å². The summed E-state index contributed by atoms with van der Waals surface area (Å²) in [6, 6.07) is 6.00. The molecule has 0 spiro atoms. The van der Waals surface area contributed by atoms with Crippen molar-refractivity contribution in [2.24, 2.45) is 0 Å². The van der Waals surface area contributed by atoms with Gasteiger partial charge in [-0.25, -0.2) is 14.8 Å². The molecular formula is C18H19Cl2N5O3. The third kappa shape index (κ3) is 4.71. The molecule has 0 aliphatic carbocycles. The van der Waals surface area contributed by atoms with Crippen molar-refractivity contribution in [3.63, 3.8) is 0 Å². The van der Waals surface area contributed by atoms with Gasteiger partial charge in [0.25, 0.3) is 5.56 Å². The molecule has 0 aromatic carbocycles. The van der Waals surface area contributed by atoms with Crippen LogP contribution >= 0.6 is 23.2 Å². The third-order valence-electron chi connectivity index (χ3n) is 3.59. The van der Waals surface area contributed by atoms with Gasteiger partial charge in [0.05, 0.1) is 10.7 Å². The maximum atomic E-state index is 12.2. The second-order valence-electron chi connectivity index (χ2n) is 5.30. The van der Waals surface area contributed by atoms with Crippen LogP contribution < -0.4 is 16.2 Å². The Balaban J connectivity index is 0.00000136. The van der Waals surface area contributed by atoms with Crippen molar-refractivity contribution in [1.82, 2.24) is 14.4 Å². The van der Waals surface area contributed by atoms with Crippen molar-refractivity contribution < 1.29 is 9.90 Å². The third-order valence-corrected chi connectivity index (χ3v) is 4.01. The van der Waals surface area contributed by atoms with Crippen LogP contribution in [0.5, 0.6) is 0 Å². The number of carboxylic acid groups (broad SMARTS) is 1. The number of aromatic carboxylic acids is 1. The molecular weight excluding hydrogens is 405 g/mol. The van der Waals surface area contributed by atoms with Gasteiger partial charge in [0.15, 0.2) is 5.69 Å². The highest BCUT2D eigenvalue weighted by Gasteiger charge is 2.14. The lowest BCUT2D eigenvalue weighted by Crippen LogP contribution is -2.17. The topological polar surface area (TPSA) is 109 Å². The summed E-state index contributed by atoms with van der Waals surface area (Å²) in [5.41, 5.74) is 0.801. The van der Waals surface area contributed by atoms with E-state index in [1.807, 2.05) is 13.8 Å². The molecule has 3 aromatic rings. The minimum atomic E-state index is -1.21. The molecule has 0 saturated carbocycles. The van der Waals surface area contributed by atoms with Gasteiger partial charge in [-0.2, -0.15) is 0 Å². The van der Waals surface area contributed by atoms with E-state index in [0.29, 0.717) is 22.1 Å². The molecule has 28 heavy (non-hydrogen) atoms. The largest absolute Gasteiger partial charge is 0.476 e. The van der Waals surface area contributed by atoms with Gasteiger partial charge < -0.3 is 15.7 Å². The number of anilines is 2. The molecule has 0 fully saturated rings. The van der Waals surface area contributed by atoms with Crippen LogP contribution in [0.1, 0.15) is 29.9 Å². The molecule has 3 heterocycles. The lowest BCUT2D eigenvalue weighted by atomic mass is 10.2. The van der Waals surface area contributed by atoms with E-state index < -0.39 is 5.97 Å². The Labute approximate surface area is 171 Å². The number of carbonyl (C=O) groups is 1. The number of aromatic nitrogens is 3. The van der Waals surface area contributed by atoms with Gasteiger partial charge in [-0.05, 0) is 18.2 Å². The second kappa shape index (κ2) is 9.38. The molecule has 3 rings (SSSR count). The van der Waals surface area contributed by atoms with Crippen LogP contribution in [0.2, 0.25) is 10.2 Å². The van der Waals surface area contributed by atoms with E-state index in [2.05, 4.69) is 20.6 Å². The summed E-state index contributed by atoms with van der Waals surface area (Å²) in [6.45, 7) is 4.17. The Morgan fingerprint density at radius 3 is 2.57 bits per heavy atom. The fourth-order valence-electron chi connectivity index (χ4n) is 2.42. The SMILES string of the molecule is CC.CNc1cc(=O)n2cc(Cl)cc(CNc3ccc(Cl)nc3C(=O)O)c2n1. The standard InChI is InChI=1S/C16H13Cl2N5O3.C2H6/c1-19-12-5-13(24)23-7-9(17)4-8(15(23)22-12)6-20-10-2-3-11(18)21-14(10)16(25)26;1-2/h2-5,7,19-20H,6H2,1H3,(H,25,26);1-2H3. The maximum Gasteiger partial charge on any atom is 0.356 e. The highest BCUT2D eigenvalue weighted by Crippen LogP contribution is 2.21. The highest BCUT2D eigenvalue weighted by molar-refractivity contribution is 6.30. The molecule has 0 aliphatic rings. The van der Waals surface area contributed by atoms with Crippen molar-refractivity contribution in [2.75, 3.05) is 17.7 Å². The van der Waals surface area contributed by atoms with E-state index in [4.69, 9.17) is 23.2 Å². The number of halogens is 2. The Morgan fingerprint density at radius 2 is 1.93 bits per heavy atom. The van der Waals surface area contributed by atoms with E-state index in [9.17, 15) is 14.7 Å². The molecule has 0 amide bonds. The summed E-state index contributed by atoms with van der Waals surface area (Å²) in [7, 11) is 1.66. The molecule has 0 atom stereocenters. The van der Waals surface area contributed by atoms with Crippen LogP contribution in [0, 0.1) is 0 Å². The first-order valence-corrected chi connectivity index (χ1v) is 9.18. The Morgan fingerprint density at radius 1 is 1.21 bits per heavy atom. The molecule has 0 radical (unpaired) electrons. The number of pyridine rings is 2. The lowest BCUT2D eigenvalue weighted by Gasteiger charge is -2.12. The number of rotatable bonds is 5. The van der Waals surface area contributed by atoms with Crippen LogP contribution in [0.4, 0.5) is 11.5 Å². The van der Waals surface area contributed by atoms with Crippen LogP contribution in [0.3, 0.4) is 0 Å². The summed E-state index contributed by atoms with van der Waals surface area (Å²) in [6.07, 6.45) is 1.47. The Kier molecular flexibility index (Phi) is 7.19. The average molecular weight is 424 g/mol. The van der Waals surface area contributed by atoms with E-state index >= 15 is 0 Å². The number of nitrogens with zero attached hydrogens (tertiary/aromatic N) is 3. The van der Waals surface area contributed by atoms with Gasteiger partial charge in [-0.15, -0.1) is 0 Å². The summed E-state index contributed by atoms with van der Waals surface area (Å²) >= 11 is 11.9. The van der Waals surface area contributed by atoms with Gasteiger partial charge in [0.1, 0.15) is 16.6 Å². The van der Waals surface area contributed by atoms with Gasteiger partial charge in [-0.3, -0.25) is 9.20 Å². The van der Waals surface area contributed by atoms with Crippen molar-refractivity contribution >= 4 is 46.3 Å². The zero-order chi connectivity index (χ0) is 20.8. The first-order chi connectivity index (χ1) is 13.4. The van der Waals surface area contributed by atoms with Crippen LogP contribution in [0.15, 0.2) is 35.3 Å². The van der Waals surface area contributed by atoms with E-state index in [1.165, 1.54) is 28.8 Å². The fraction of sp³-hybridized carbons (Fsp3) is 0.222. The molecule has 3 aromatic heterocycles. The average Bonchev–Trinajstić information content (AvgIpc) is 2.68. The fourth-order valence-corrected chi connectivity index (χ4v) is 2.80. The first kappa shape index (κ1) is 21.5. The van der Waals surface area contributed by atoms with Crippen molar-refractivity contribution in [2.45, 2.75) is 20.4 Å². The summed E-state index contributed by atoms with van der Waals surface area (Å²) in [5.74, 6) is -0.796. The summed E-state index contributed by atoms with van der Waals surface area (Å²) in [5, 5.41) is 15.5. The summed E-state index contributed by atoms with van der Waals surface area (Å²) < 4.78 is 1.33.